The van der Waals surface area contributed by atoms with E-state index in [9.17, 15) is 8.42 Å². The monoisotopic (exact) mass is 410 g/mol. The maximum absolute atomic E-state index is 13.2. The molecule has 0 bridgehead atoms. The standard InChI is InChI=1S/C22H26N4O2S/c1-25-21(24-20-7-4-11-23-22(20)25)13-16-10-12-26(15-16)29(27,28)19-9-8-17-5-2-3-6-18(17)14-19/h4,7-9,11,14,16H,2-3,5-6,10,12-13,15H2,1H3/t16-/m0/s1. The van der Waals surface area contributed by atoms with Crippen LogP contribution in [0.25, 0.3) is 11.2 Å². The fourth-order valence-corrected chi connectivity index (χ4v) is 6.29. The number of hydrogen-bond donors (Lipinski definition) is 0. The van der Waals surface area contributed by atoms with Crippen molar-refractivity contribution in [2.24, 2.45) is 13.0 Å². The lowest BCUT2D eigenvalue weighted by molar-refractivity contribution is 0.451. The van der Waals surface area contributed by atoms with Gasteiger partial charge in [0.2, 0.25) is 10.0 Å². The zero-order chi connectivity index (χ0) is 20.0. The molecule has 3 aromatic rings. The van der Waals surface area contributed by atoms with E-state index in [4.69, 9.17) is 4.98 Å². The zero-order valence-electron chi connectivity index (χ0n) is 16.7. The number of imidazole rings is 1. The first-order valence-electron chi connectivity index (χ1n) is 10.4. The van der Waals surface area contributed by atoms with Gasteiger partial charge in [-0.05, 0) is 73.4 Å². The minimum absolute atomic E-state index is 0.276. The van der Waals surface area contributed by atoms with E-state index in [1.807, 2.05) is 35.9 Å². The van der Waals surface area contributed by atoms with E-state index in [0.29, 0.717) is 18.0 Å². The van der Waals surface area contributed by atoms with E-state index in [-0.39, 0.29) is 5.92 Å². The smallest absolute Gasteiger partial charge is 0.243 e. The molecule has 6 nitrogen and oxygen atoms in total. The molecule has 1 aliphatic carbocycles. The van der Waals surface area contributed by atoms with Crippen LogP contribution >= 0.6 is 0 Å². The Hall–Kier alpha value is -2.25. The molecule has 0 unspecified atom stereocenters. The highest BCUT2D eigenvalue weighted by atomic mass is 32.2. The van der Waals surface area contributed by atoms with Gasteiger partial charge in [0.25, 0.3) is 0 Å². The van der Waals surface area contributed by atoms with Gasteiger partial charge in [-0.15, -0.1) is 0 Å². The quantitative estimate of drug-likeness (QED) is 0.663. The Kier molecular flexibility index (Phi) is 4.67. The Labute approximate surface area is 171 Å². The Balaban J connectivity index is 1.34. The van der Waals surface area contributed by atoms with Crippen molar-refractivity contribution in [2.45, 2.75) is 43.4 Å². The SMILES string of the molecule is Cn1c(C[C@@H]2CCN(S(=O)(=O)c3ccc4c(c3)CCCC4)C2)nc2cccnc21. The normalized spacial score (nSPS) is 20.2. The molecule has 152 valence electrons. The molecule has 1 aromatic carbocycles. The molecule has 1 fully saturated rings. The molecule has 29 heavy (non-hydrogen) atoms. The highest BCUT2D eigenvalue weighted by Gasteiger charge is 2.33. The molecule has 0 amide bonds. The second-order valence-electron chi connectivity index (χ2n) is 8.29. The molecule has 0 N–H and O–H groups in total. The summed E-state index contributed by atoms with van der Waals surface area (Å²) in [6.07, 6.45) is 7.80. The lowest BCUT2D eigenvalue weighted by atomic mass is 9.92. The Morgan fingerprint density at radius 3 is 2.79 bits per heavy atom. The van der Waals surface area contributed by atoms with E-state index in [0.717, 1.165) is 49.1 Å². The van der Waals surface area contributed by atoms with Gasteiger partial charge in [-0.3, -0.25) is 0 Å². The molecule has 7 heteroatoms. The van der Waals surface area contributed by atoms with E-state index in [1.165, 1.54) is 17.5 Å². The summed E-state index contributed by atoms with van der Waals surface area (Å²) in [7, 11) is -1.46. The third-order valence-electron chi connectivity index (χ3n) is 6.40. The summed E-state index contributed by atoms with van der Waals surface area (Å²) < 4.78 is 30.1. The number of benzene rings is 1. The number of nitrogens with zero attached hydrogens (tertiary/aromatic N) is 4. The van der Waals surface area contributed by atoms with Gasteiger partial charge < -0.3 is 4.57 Å². The van der Waals surface area contributed by atoms with Gasteiger partial charge in [0.05, 0.1) is 4.90 Å². The number of fused-ring (bicyclic) bond motifs is 2. The first-order chi connectivity index (χ1) is 14.0. The summed E-state index contributed by atoms with van der Waals surface area (Å²) >= 11 is 0. The molecule has 2 aliphatic rings. The lowest BCUT2D eigenvalue weighted by Crippen LogP contribution is -2.29. The van der Waals surface area contributed by atoms with Crippen LogP contribution in [0.3, 0.4) is 0 Å². The van der Waals surface area contributed by atoms with Gasteiger partial charge in [-0.1, -0.05) is 6.07 Å². The Morgan fingerprint density at radius 1 is 1.14 bits per heavy atom. The summed E-state index contributed by atoms with van der Waals surface area (Å²) in [6.45, 7) is 1.13. The second-order valence-corrected chi connectivity index (χ2v) is 10.2. The van der Waals surface area contributed by atoms with Crippen molar-refractivity contribution in [2.75, 3.05) is 13.1 Å². The molecule has 3 heterocycles. The third kappa shape index (κ3) is 3.36. The zero-order valence-corrected chi connectivity index (χ0v) is 17.5. The van der Waals surface area contributed by atoms with Crippen LogP contribution in [0.1, 0.15) is 36.2 Å². The summed E-state index contributed by atoms with van der Waals surface area (Å²) in [5, 5.41) is 0. The lowest BCUT2D eigenvalue weighted by Gasteiger charge is -2.20. The summed E-state index contributed by atoms with van der Waals surface area (Å²) in [5.41, 5.74) is 4.28. The largest absolute Gasteiger partial charge is 0.316 e. The van der Waals surface area contributed by atoms with Gasteiger partial charge in [-0.2, -0.15) is 4.31 Å². The molecular weight excluding hydrogens is 384 g/mol. The van der Waals surface area contributed by atoms with Crippen LogP contribution in [0.15, 0.2) is 41.4 Å². The van der Waals surface area contributed by atoms with E-state index < -0.39 is 10.0 Å². The van der Waals surface area contributed by atoms with Crippen molar-refractivity contribution in [3.05, 3.63) is 53.5 Å². The molecule has 0 saturated carbocycles. The minimum atomic E-state index is -3.44. The van der Waals surface area contributed by atoms with Crippen molar-refractivity contribution in [3.8, 4) is 0 Å². The molecule has 0 spiro atoms. The Bertz CT molecular complexity index is 1170. The van der Waals surface area contributed by atoms with Crippen molar-refractivity contribution < 1.29 is 8.42 Å². The molecule has 5 rings (SSSR count). The van der Waals surface area contributed by atoms with Crippen LogP contribution in [-0.4, -0.2) is 40.3 Å². The summed E-state index contributed by atoms with van der Waals surface area (Å²) in [5.74, 6) is 1.25. The number of rotatable bonds is 4. The minimum Gasteiger partial charge on any atom is -0.316 e. The first-order valence-corrected chi connectivity index (χ1v) is 11.8. The predicted octanol–water partition coefficient (Wildman–Crippen LogP) is 3.10. The molecule has 1 aliphatic heterocycles. The third-order valence-corrected chi connectivity index (χ3v) is 8.26. The number of pyridine rings is 1. The van der Waals surface area contributed by atoms with Crippen LogP contribution in [0, 0.1) is 5.92 Å². The van der Waals surface area contributed by atoms with Crippen LogP contribution < -0.4 is 0 Å². The van der Waals surface area contributed by atoms with Crippen molar-refractivity contribution >= 4 is 21.2 Å². The number of aryl methyl sites for hydroxylation is 3. The highest BCUT2D eigenvalue weighted by molar-refractivity contribution is 7.89. The van der Waals surface area contributed by atoms with Gasteiger partial charge in [-0.25, -0.2) is 18.4 Å². The Morgan fingerprint density at radius 2 is 1.97 bits per heavy atom. The maximum Gasteiger partial charge on any atom is 0.243 e. The number of hydrogen-bond acceptors (Lipinski definition) is 4. The maximum atomic E-state index is 13.2. The van der Waals surface area contributed by atoms with E-state index >= 15 is 0 Å². The summed E-state index contributed by atoms with van der Waals surface area (Å²) in [4.78, 5) is 9.55. The number of aromatic nitrogens is 3. The van der Waals surface area contributed by atoms with Gasteiger partial charge >= 0.3 is 0 Å². The van der Waals surface area contributed by atoms with Crippen LogP contribution in [0.5, 0.6) is 0 Å². The van der Waals surface area contributed by atoms with Gasteiger partial charge in [0, 0.05) is 32.8 Å². The second kappa shape index (κ2) is 7.22. The van der Waals surface area contributed by atoms with E-state index in [2.05, 4.69) is 4.98 Å². The van der Waals surface area contributed by atoms with Crippen LogP contribution in [0.4, 0.5) is 0 Å². The molecule has 2 aromatic heterocycles. The fourth-order valence-electron chi connectivity index (χ4n) is 4.71. The first kappa shape index (κ1) is 18.8. The fraction of sp³-hybridized carbons (Fsp3) is 0.455. The molecular formula is C22H26N4O2S. The highest BCUT2D eigenvalue weighted by Crippen LogP contribution is 2.30. The number of sulfonamides is 1. The van der Waals surface area contributed by atoms with Crippen LogP contribution in [-0.2, 0) is 36.3 Å². The molecule has 1 saturated heterocycles. The average molecular weight is 411 g/mol. The van der Waals surface area contributed by atoms with Crippen molar-refractivity contribution in [1.29, 1.82) is 0 Å². The van der Waals surface area contributed by atoms with Crippen molar-refractivity contribution in [3.63, 3.8) is 0 Å². The summed E-state index contributed by atoms with van der Waals surface area (Å²) in [6, 6.07) is 9.58. The topological polar surface area (TPSA) is 68.1 Å². The van der Waals surface area contributed by atoms with Crippen LogP contribution in [0.2, 0.25) is 0 Å². The van der Waals surface area contributed by atoms with E-state index in [1.54, 1.807) is 16.6 Å². The van der Waals surface area contributed by atoms with Gasteiger partial charge in [0.15, 0.2) is 5.65 Å². The molecule has 1 atom stereocenters. The molecule has 0 radical (unpaired) electrons. The predicted molar refractivity (Wildman–Crippen MR) is 112 cm³/mol. The van der Waals surface area contributed by atoms with Crippen molar-refractivity contribution in [1.82, 2.24) is 18.8 Å². The van der Waals surface area contributed by atoms with Gasteiger partial charge in [0.1, 0.15) is 11.3 Å². The average Bonchev–Trinajstić information content (AvgIpc) is 3.34.